The zero-order chi connectivity index (χ0) is 8.15. The molecule has 0 spiro atoms. The van der Waals surface area contributed by atoms with Crippen molar-refractivity contribution in [3.8, 4) is 0 Å². The van der Waals surface area contributed by atoms with Gasteiger partial charge < -0.3 is 0 Å². The Bertz CT molecular complexity index is 114. The minimum absolute atomic E-state index is 0.0827. The Morgan fingerprint density at radius 3 is 2.00 bits per heavy atom. The maximum absolute atomic E-state index is 2.43. The fourth-order valence-corrected chi connectivity index (χ4v) is 18.4. The molecule has 0 bridgehead atoms. The first-order chi connectivity index (χ1) is 4.52. The first kappa shape index (κ1) is 11.0. The Kier molecular flexibility index (Phi) is 6.12. The summed E-state index contributed by atoms with van der Waals surface area (Å²) < 4.78 is 4.10. The summed E-state index contributed by atoms with van der Waals surface area (Å²) in [5.41, 5.74) is 0. The fraction of sp³-hybridized carbons (Fsp3) is 0.875. The molecule has 0 amide bonds. The van der Waals surface area contributed by atoms with Gasteiger partial charge in [0.05, 0.1) is 0 Å². The summed E-state index contributed by atoms with van der Waals surface area (Å²) in [5.74, 6) is 0. The third kappa shape index (κ3) is 7.07. The molecule has 0 aliphatic carbocycles. The van der Waals surface area contributed by atoms with Gasteiger partial charge in [-0.2, -0.15) is 0 Å². The molecule has 0 saturated heterocycles. The molecule has 0 aliphatic rings. The van der Waals surface area contributed by atoms with Crippen molar-refractivity contribution < 1.29 is 0 Å². The van der Waals surface area contributed by atoms with Crippen LogP contribution in [0.2, 0.25) is 9.50 Å². The van der Waals surface area contributed by atoms with E-state index in [1.54, 1.807) is 0 Å². The Hall–Kier alpha value is 0.956. The Morgan fingerprint density at radius 2 is 1.70 bits per heavy atom. The van der Waals surface area contributed by atoms with Crippen LogP contribution in [0.1, 0.15) is 34.6 Å². The topological polar surface area (TPSA) is 0 Å². The van der Waals surface area contributed by atoms with E-state index in [-0.39, 0.29) is 30.4 Å². The van der Waals surface area contributed by atoms with Gasteiger partial charge in [-0.1, -0.05) is 0 Å². The predicted octanol–water partition coefficient (Wildman–Crippen LogP) is 1.40. The van der Waals surface area contributed by atoms with Gasteiger partial charge in [0.1, 0.15) is 0 Å². The van der Waals surface area contributed by atoms with Crippen molar-refractivity contribution in [2.45, 2.75) is 44.1 Å². The van der Waals surface area contributed by atoms with E-state index in [9.17, 15) is 0 Å². The van der Waals surface area contributed by atoms with E-state index in [1.165, 1.54) is 0 Å². The van der Waals surface area contributed by atoms with Crippen molar-refractivity contribution in [2.24, 2.45) is 0 Å². The maximum atomic E-state index is 2.43. The Labute approximate surface area is 77.6 Å². The fourth-order valence-electron chi connectivity index (χ4n) is 1.28. The molecule has 0 N–H and O–H groups in total. The van der Waals surface area contributed by atoms with Crippen LogP contribution < -0.4 is 0 Å². The van der Waals surface area contributed by atoms with Crippen molar-refractivity contribution in [3.05, 3.63) is 0 Å². The molecule has 0 aliphatic heterocycles. The molecule has 10 heavy (non-hydrogen) atoms. The van der Waals surface area contributed by atoms with Crippen LogP contribution in [0.25, 0.3) is 0 Å². The summed E-state index contributed by atoms with van der Waals surface area (Å²) >= 11 is -0.109. The van der Waals surface area contributed by atoms with Gasteiger partial charge in [-0.25, -0.2) is 0 Å². The molecule has 0 aromatic heterocycles. The van der Waals surface area contributed by atoms with Gasteiger partial charge in [-0.05, 0) is 0 Å². The van der Waals surface area contributed by atoms with Gasteiger partial charge >= 0.3 is 77.7 Å². The van der Waals surface area contributed by atoms with E-state index in [0.717, 1.165) is 9.50 Å². The molecule has 0 aromatic carbocycles. The average molecular weight is 261 g/mol. The normalized spacial score (nSPS) is 14.5. The van der Waals surface area contributed by atoms with Gasteiger partial charge in [0, 0.05) is 0 Å². The van der Waals surface area contributed by atoms with Crippen LogP contribution in [0.5, 0.6) is 0 Å². The van der Waals surface area contributed by atoms with Crippen LogP contribution in [0.3, 0.4) is 0 Å². The zero-order valence-corrected chi connectivity index (χ0v) is 13.3. The third-order valence-electron chi connectivity index (χ3n) is 1.35. The van der Waals surface area contributed by atoms with Crippen LogP contribution in [-0.2, 0) is 0 Å². The second kappa shape index (κ2) is 5.59. The van der Waals surface area contributed by atoms with E-state index < -0.39 is 0 Å². The number of rotatable bonds is 3. The van der Waals surface area contributed by atoms with E-state index in [2.05, 4.69) is 34.6 Å². The monoisotopic (exact) mass is 264 g/mol. The van der Waals surface area contributed by atoms with Crippen LogP contribution in [0.15, 0.2) is 0 Å². The molecule has 0 nitrogen and oxygen atoms in total. The summed E-state index contributed by atoms with van der Waals surface area (Å²) in [6.07, 6.45) is 0. The molecule has 0 saturated carbocycles. The van der Waals surface area contributed by atoms with E-state index in [1.807, 2.05) is 3.18 Å². The van der Waals surface area contributed by atoms with Crippen LogP contribution in [0.4, 0.5) is 0 Å². The molecule has 0 rings (SSSR count). The summed E-state index contributed by atoms with van der Waals surface area (Å²) in [6.45, 7) is 12.0. The molecular weight excluding hydrogens is 241 g/mol. The number of hydrogen-bond donors (Lipinski definition) is 0. The molecule has 0 aromatic rings. The zero-order valence-electron chi connectivity index (χ0n) is 7.94. The Morgan fingerprint density at radius 1 is 1.20 bits per heavy atom. The molecule has 0 fully saturated rings. The SMILES string of the molecule is C[C](=[GeH][CH](C)C)[GeH2][CH](C)C. The summed E-state index contributed by atoms with van der Waals surface area (Å²) in [4.78, 5) is 0. The van der Waals surface area contributed by atoms with Crippen molar-refractivity contribution in [2.75, 3.05) is 0 Å². The quantitative estimate of drug-likeness (QED) is 0.674. The van der Waals surface area contributed by atoms with Crippen LogP contribution in [0, 0.1) is 0 Å². The van der Waals surface area contributed by atoms with Crippen LogP contribution in [-0.4, -0.2) is 33.6 Å². The molecule has 0 radical (unpaired) electrons. The van der Waals surface area contributed by atoms with Gasteiger partial charge in [0.25, 0.3) is 0 Å². The second-order valence-corrected chi connectivity index (χ2v) is 19.6. The van der Waals surface area contributed by atoms with Gasteiger partial charge in [-0.15, -0.1) is 0 Å². The predicted molar refractivity (Wildman–Crippen MR) is 56.6 cm³/mol. The summed E-state index contributed by atoms with van der Waals surface area (Å²) in [6, 6.07) is 0. The molecule has 0 heterocycles. The van der Waals surface area contributed by atoms with E-state index >= 15 is 0 Å². The molecule has 0 atom stereocenters. The molecule has 0 unspecified atom stereocenters. The molecule has 60 valence electrons. The van der Waals surface area contributed by atoms with E-state index in [4.69, 9.17) is 0 Å². The van der Waals surface area contributed by atoms with Crippen molar-refractivity contribution in [1.29, 1.82) is 0 Å². The Balaban J connectivity index is 3.71. The summed E-state index contributed by atoms with van der Waals surface area (Å²) in [5, 5.41) is 0. The summed E-state index contributed by atoms with van der Waals surface area (Å²) in [7, 11) is 0. The van der Waals surface area contributed by atoms with Gasteiger partial charge in [0.2, 0.25) is 0 Å². The van der Waals surface area contributed by atoms with Gasteiger partial charge in [-0.3, -0.25) is 0 Å². The molecule has 2 heteroatoms. The second-order valence-electron chi connectivity index (χ2n) is 3.86. The number of hydrogen-bond acceptors (Lipinski definition) is 0. The van der Waals surface area contributed by atoms with Gasteiger partial charge in [0.15, 0.2) is 0 Å². The first-order valence-electron chi connectivity index (χ1n) is 4.19. The van der Waals surface area contributed by atoms with Crippen molar-refractivity contribution in [3.63, 3.8) is 0 Å². The molecular formula is C8H20Ge2. The third-order valence-corrected chi connectivity index (χ3v) is 12.1. The average Bonchev–Trinajstić information content (AvgIpc) is 1.58. The van der Waals surface area contributed by atoms with E-state index in [0.29, 0.717) is 0 Å². The van der Waals surface area contributed by atoms with Crippen LogP contribution >= 0.6 is 0 Å². The first-order valence-corrected chi connectivity index (χ1v) is 10.00. The van der Waals surface area contributed by atoms with Crippen molar-refractivity contribution in [1.82, 2.24) is 0 Å². The van der Waals surface area contributed by atoms with Crippen molar-refractivity contribution >= 4 is 33.6 Å². The minimum atomic E-state index is -0.192. The standard InChI is InChI=1S/C8H20Ge2/c1-6(2)9-8(5)10-7(3)4/h6-7,9H,10H2,1-5H3.